The van der Waals surface area contributed by atoms with E-state index in [-0.39, 0.29) is 5.91 Å². The van der Waals surface area contributed by atoms with Crippen LogP contribution < -0.4 is 4.90 Å². The van der Waals surface area contributed by atoms with Gasteiger partial charge in [-0.15, -0.1) is 0 Å². The molecule has 1 fully saturated rings. The van der Waals surface area contributed by atoms with E-state index in [9.17, 15) is 4.79 Å². The number of nitrogens with one attached hydrogen (secondary N) is 1. The third-order valence-corrected chi connectivity index (χ3v) is 6.60. The minimum absolute atomic E-state index is 0.00603. The number of morpholine rings is 1. The second-order valence-corrected chi connectivity index (χ2v) is 8.49. The van der Waals surface area contributed by atoms with Gasteiger partial charge in [-0.25, -0.2) is 4.98 Å². The molecule has 0 bridgehead atoms. The molecular formula is C23H24N4O2S. The highest BCUT2D eigenvalue weighted by molar-refractivity contribution is 7.22. The number of carbonyl (C=O) groups is 1. The van der Waals surface area contributed by atoms with E-state index in [1.54, 1.807) is 11.3 Å². The van der Waals surface area contributed by atoms with Crippen molar-refractivity contribution in [1.29, 1.82) is 0 Å². The SMILES string of the molecule is O=C(c1c[nH]c2ccccc12)N(CCCN1CCOCC1)c1nc2ccccc2s1. The van der Waals surface area contributed by atoms with Gasteiger partial charge in [0.1, 0.15) is 0 Å². The van der Waals surface area contributed by atoms with Crippen LogP contribution in [-0.4, -0.2) is 60.2 Å². The zero-order valence-electron chi connectivity index (χ0n) is 16.7. The normalized spacial score (nSPS) is 15.1. The summed E-state index contributed by atoms with van der Waals surface area (Å²) in [5.41, 5.74) is 2.59. The molecule has 1 aliphatic rings. The first kappa shape index (κ1) is 19.2. The molecule has 0 spiro atoms. The lowest BCUT2D eigenvalue weighted by molar-refractivity contribution is 0.0376. The van der Waals surface area contributed by atoms with Crippen molar-refractivity contribution in [3.05, 3.63) is 60.3 Å². The van der Waals surface area contributed by atoms with Gasteiger partial charge in [0, 0.05) is 43.3 Å². The summed E-state index contributed by atoms with van der Waals surface area (Å²) in [6.45, 7) is 5.07. The van der Waals surface area contributed by atoms with E-state index in [0.717, 1.165) is 65.5 Å². The van der Waals surface area contributed by atoms with Gasteiger partial charge in [-0.1, -0.05) is 41.7 Å². The first-order valence-corrected chi connectivity index (χ1v) is 11.1. The van der Waals surface area contributed by atoms with Crippen LogP contribution in [0.4, 0.5) is 5.13 Å². The topological polar surface area (TPSA) is 61.5 Å². The largest absolute Gasteiger partial charge is 0.379 e. The number of hydrogen-bond acceptors (Lipinski definition) is 5. The summed E-state index contributed by atoms with van der Waals surface area (Å²) in [5, 5.41) is 1.70. The Morgan fingerprint density at radius 2 is 1.93 bits per heavy atom. The molecule has 5 rings (SSSR count). The van der Waals surface area contributed by atoms with Gasteiger partial charge in [0.05, 0.1) is 29.0 Å². The smallest absolute Gasteiger partial charge is 0.262 e. The number of para-hydroxylation sites is 2. The fourth-order valence-corrected chi connectivity index (χ4v) is 4.92. The van der Waals surface area contributed by atoms with Crippen LogP contribution in [0.5, 0.6) is 0 Å². The standard InChI is InChI=1S/C23H24N4O2S/c28-22(18-16-24-19-7-2-1-6-17(18)19)27(11-5-10-26-12-14-29-15-13-26)23-25-20-8-3-4-9-21(20)30-23/h1-4,6-9,16,24H,5,10-15H2. The maximum absolute atomic E-state index is 13.6. The summed E-state index contributed by atoms with van der Waals surface area (Å²) < 4.78 is 6.54. The van der Waals surface area contributed by atoms with Crippen molar-refractivity contribution < 1.29 is 9.53 Å². The number of nitrogens with zero attached hydrogens (tertiary/aromatic N) is 3. The molecule has 1 N–H and O–H groups in total. The Balaban J connectivity index is 1.43. The van der Waals surface area contributed by atoms with Gasteiger partial charge < -0.3 is 9.72 Å². The van der Waals surface area contributed by atoms with Gasteiger partial charge >= 0.3 is 0 Å². The Bertz CT molecular complexity index is 1130. The predicted molar refractivity (Wildman–Crippen MR) is 121 cm³/mol. The van der Waals surface area contributed by atoms with Crippen molar-refractivity contribution in [2.75, 3.05) is 44.3 Å². The highest BCUT2D eigenvalue weighted by Gasteiger charge is 2.24. The van der Waals surface area contributed by atoms with Gasteiger partial charge in [0.2, 0.25) is 0 Å². The molecule has 1 aliphatic heterocycles. The number of thiazole rings is 1. The van der Waals surface area contributed by atoms with Crippen molar-refractivity contribution in [1.82, 2.24) is 14.9 Å². The summed E-state index contributed by atoms with van der Waals surface area (Å²) in [6, 6.07) is 16.0. The number of benzene rings is 2. The highest BCUT2D eigenvalue weighted by Crippen LogP contribution is 2.31. The average molecular weight is 421 g/mol. The number of anilines is 1. The third kappa shape index (κ3) is 3.84. The molecule has 154 valence electrons. The van der Waals surface area contributed by atoms with Gasteiger partial charge in [-0.2, -0.15) is 0 Å². The van der Waals surface area contributed by atoms with Crippen LogP contribution in [0.25, 0.3) is 21.1 Å². The van der Waals surface area contributed by atoms with E-state index in [0.29, 0.717) is 12.1 Å². The number of aromatic nitrogens is 2. The third-order valence-electron chi connectivity index (χ3n) is 5.54. The molecule has 1 amide bonds. The van der Waals surface area contributed by atoms with Crippen molar-refractivity contribution in [2.24, 2.45) is 0 Å². The first-order chi connectivity index (χ1) is 14.8. The van der Waals surface area contributed by atoms with Crippen LogP contribution in [-0.2, 0) is 4.74 Å². The van der Waals surface area contributed by atoms with Gasteiger partial charge in [0.15, 0.2) is 5.13 Å². The van der Waals surface area contributed by atoms with E-state index in [2.05, 4.69) is 16.0 Å². The minimum Gasteiger partial charge on any atom is -0.379 e. The van der Waals surface area contributed by atoms with Gasteiger partial charge in [0.25, 0.3) is 5.91 Å². The molecule has 2 aromatic carbocycles. The Labute approximate surface area is 179 Å². The van der Waals surface area contributed by atoms with Crippen LogP contribution in [0.15, 0.2) is 54.7 Å². The van der Waals surface area contributed by atoms with Crippen LogP contribution >= 0.6 is 11.3 Å². The maximum Gasteiger partial charge on any atom is 0.262 e. The number of H-pyrrole nitrogens is 1. The summed E-state index contributed by atoms with van der Waals surface area (Å²) in [4.78, 5) is 25.9. The fourth-order valence-electron chi connectivity index (χ4n) is 3.93. The molecule has 2 aromatic heterocycles. The number of fused-ring (bicyclic) bond motifs is 2. The molecular weight excluding hydrogens is 396 g/mol. The molecule has 4 aromatic rings. The van der Waals surface area contributed by atoms with Crippen molar-refractivity contribution >= 4 is 43.5 Å². The van der Waals surface area contributed by atoms with E-state index < -0.39 is 0 Å². The quantitative estimate of drug-likeness (QED) is 0.509. The van der Waals surface area contributed by atoms with Crippen molar-refractivity contribution in [3.8, 4) is 0 Å². The number of hydrogen-bond donors (Lipinski definition) is 1. The van der Waals surface area contributed by atoms with Crippen LogP contribution in [0, 0.1) is 0 Å². The van der Waals surface area contributed by atoms with E-state index in [1.165, 1.54) is 0 Å². The average Bonchev–Trinajstić information content (AvgIpc) is 3.41. The molecule has 3 heterocycles. The second-order valence-electron chi connectivity index (χ2n) is 7.48. The number of ether oxygens (including phenoxy) is 1. The first-order valence-electron chi connectivity index (χ1n) is 10.3. The van der Waals surface area contributed by atoms with E-state index in [4.69, 9.17) is 9.72 Å². The Hall–Kier alpha value is -2.74. The lowest BCUT2D eigenvalue weighted by atomic mass is 10.1. The minimum atomic E-state index is -0.00603. The predicted octanol–water partition coefficient (Wildman–Crippen LogP) is 4.15. The molecule has 1 saturated heterocycles. The molecule has 0 unspecified atom stereocenters. The second kappa shape index (κ2) is 8.55. The van der Waals surface area contributed by atoms with E-state index in [1.807, 2.05) is 53.6 Å². The summed E-state index contributed by atoms with van der Waals surface area (Å²) in [5.74, 6) is -0.00603. The molecule has 7 heteroatoms. The zero-order valence-corrected chi connectivity index (χ0v) is 17.5. The molecule has 6 nitrogen and oxygen atoms in total. The number of carbonyl (C=O) groups excluding carboxylic acids is 1. The Morgan fingerprint density at radius 3 is 2.80 bits per heavy atom. The van der Waals surface area contributed by atoms with Crippen LogP contribution in [0.1, 0.15) is 16.8 Å². The zero-order chi connectivity index (χ0) is 20.3. The summed E-state index contributed by atoms with van der Waals surface area (Å²) >= 11 is 1.57. The summed E-state index contributed by atoms with van der Waals surface area (Å²) in [7, 11) is 0. The molecule has 0 saturated carbocycles. The lowest BCUT2D eigenvalue weighted by Crippen LogP contribution is -2.39. The van der Waals surface area contributed by atoms with Gasteiger partial charge in [-0.3, -0.25) is 14.6 Å². The van der Waals surface area contributed by atoms with Crippen LogP contribution in [0.2, 0.25) is 0 Å². The monoisotopic (exact) mass is 420 g/mol. The van der Waals surface area contributed by atoms with Crippen molar-refractivity contribution in [2.45, 2.75) is 6.42 Å². The molecule has 30 heavy (non-hydrogen) atoms. The number of rotatable bonds is 6. The van der Waals surface area contributed by atoms with Gasteiger partial charge in [-0.05, 0) is 24.6 Å². The molecule has 0 radical (unpaired) electrons. The Kier molecular flexibility index (Phi) is 5.48. The fraction of sp³-hybridized carbons (Fsp3) is 0.304. The van der Waals surface area contributed by atoms with E-state index >= 15 is 0 Å². The lowest BCUT2D eigenvalue weighted by Gasteiger charge is -2.27. The summed E-state index contributed by atoms with van der Waals surface area (Å²) in [6.07, 6.45) is 2.71. The Morgan fingerprint density at radius 1 is 1.13 bits per heavy atom. The van der Waals surface area contributed by atoms with Crippen LogP contribution in [0.3, 0.4) is 0 Å². The molecule has 0 aliphatic carbocycles. The van der Waals surface area contributed by atoms with Crippen molar-refractivity contribution in [3.63, 3.8) is 0 Å². The highest BCUT2D eigenvalue weighted by atomic mass is 32.1. The maximum atomic E-state index is 13.6. The number of amides is 1. The number of aromatic amines is 1. The molecule has 0 atom stereocenters.